The Hall–Kier alpha value is -8.72. The third-order valence-electron chi connectivity index (χ3n) is 14.5. The molecule has 0 saturated heterocycles. The molecule has 69 heavy (non-hydrogen) atoms. The molecule has 13 rings (SSSR count). The third kappa shape index (κ3) is 6.71. The number of nitrogens with zero attached hydrogens (tertiary/aromatic N) is 2. The van der Waals surface area contributed by atoms with Gasteiger partial charge in [0.05, 0.1) is 0 Å². The zero-order valence-corrected chi connectivity index (χ0v) is 38.6. The van der Waals surface area contributed by atoms with Gasteiger partial charge in [0.25, 0.3) is 0 Å². The van der Waals surface area contributed by atoms with Crippen LogP contribution in [0.1, 0.15) is 25.0 Å². The minimum atomic E-state index is -0.343. The highest BCUT2D eigenvalue weighted by Gasteiger charge is 2.40. The maximum Gasteiger partial charge on any atom is 0.0465 e. The molecule has 0 unspecified atom stereocenters. The highest BCUT2D eigenvalue weighted by molar-refractivity contribution is 6.32. The molecule has 0 heterocycles. The van der Waals surface area contributed by atoms with Crippen molar-refractivity contribution in [2.24, 2.45) is 0 Å². The van der Waals surface area contributed by atoms with Gasteiger partial charge in [-0.1, -0.05) is 166 Å². The molecule has 1 aliphatic rings. The molecule has 2 heteroatoms. The Morgan fingerprint density at radius 1 is 0.290 bits per heavy atom. The molecule has 0 atom stereocenters. The van der Waals surface area contributed by atoms with Gasteiger partial charge in [0.1, 0.15) is 0 Å². The summed E-state index contributed by atoms with van der Waals surface area (Å²) in [6, 6.07) is 93.5. The first kappa shape index (κ1) is 40.5. The van der Waals surface area contributed by atoms with Gasteiger partial charge in [-0.05, 0) is 191 Å². The van der Waals surface area contributed by atoms with Crippen LogP contribution in [0.25, 0.3) is 76.8 Å². The monoisotopic (exact) mass is 880 g/mol. The Balaban J connectivity index is 1.09. The largest absolute Gasteiger partial charge is 0.311 e. The number of para-hydroxylation sites is 4. The second kappa shape index (κ2) is 16.3. The smallest absolute Gasteiger partial charge is 0.0465 e. The van der Waals surface area contributed by atoms with E-state index < -0.39 is 0 Å². The van der Waals surface area contributed by atoms with Crippen LogP contribution in [0.3, 0.4) is 0 Å². The van der Waals surface area contributed by atoms with E-state index in [-0.39, 0.29) is 5.41 Å². The summed E-state index contributed by atoms with van der Waals surface area (Å²) in [6.07, 6.45) is 0. The summed E-state index contributed by atoms with van der Waals surface area (Å²) in [5.74, 6) is 0. The fourth-order valence-electron chi connectivity index (χ4n) is 11.4. The average Bonchev–Trinajstić information content (AvgIpc) is 3.65. The predicted octanol–water partition coefficient (Wildman–Crippen LogP) is 18.8. The molecule has 326 valence electrons. The van der Waals surface area contributed by atoms with Crippen molar-refractivity contribution in [3.05, 3.63) is 266 Å². The van der Waals surface area contributed by atoms with E-state index in [2.05, 4.69) is 278 Å². The molecule has 12 aromatic carbocycles. The summed E-state index contributed by atoms with van der Waals surface area (Å²) in [5, 5.41) is 7.77. The lowest BCUT2D eigenvalue weighted by molar-refractivity contribution is 0.666. The summed E-state index contributed by atoms with van der Waals surface area (Å²) >= 11 is 0. The van der Waals surface area contributed by atoms with Gasteiger partial charge in [0, 0.05) is 39.5 Å². The fourth-order valence-corrected chi connectivity index (χ4v) is 11.4. The predicted molar refractivity (Wildman–Crippen MR) is 293 cm³/mol. The lowest BCUT2D eigenvalue weighted by Crippen LogP contribution is -2.17. The van der Waals surface area contributed by atoms with Crippen LogP contribution in [-0.4, -0.2) is 0 Å². The minimum absolute atomic E-state index is 0.343. The van der Waals surface area contributed by atoms with E-state index in [1.165, 1.54) is 88.0 Å². The van der Waals surface area contributed by atoms with Gasteiger partial charge in [-0.15, -0.1) is 0 Å². The van der Waals surface area contributed by atoms with Crippen LogP contribution in [0.4, 0.5) is 34.1 Å². The molecule has 0 radical (unpaired) electrons. The summed E-state index contributed by atoms with van der Waals surface area (Å²) in [7, 11) is 0. The Morgan fingerprint density at radius 2 is 0.710 bits per heavy atom. The highest BCUT2D eigenvalue weighted by Crippen LogP contribution is 2.59. The van der Waals surface area contributed by atoms with Crippen molar-refractivity contribution < 1.29 is 0 Å². The number of benzene rings is 12. The van der Waals surface area contributed by atoms with Crippen molar-refractivity contribution in [1.82, 2.24) is 0 Å². The van der Waals surface area contributed by atoms with Gasteiger partial charge in [-0.2, -0.15) is 0 Å². The van der Waals surface area contributed by atoms with Crippen LogP contribution >= 0.6 is 0 Å². The summed E-state index contributed by atoms with van der Waals surface area (Å²) in [6.45, 7) is 4.90. The molecule has 0 spiro atoms. The van der Waals surface area contributed by atoms with Crippen molar-refractivity contribution in [3.63, 3.8) is 0 Å². The summed E-state index contributed by atoms with van der Waals surface area (Å²) in [5.41, 5.74) is 19.1. The molecule has 1 aliphatic carbocycles. The minimum Gasteiger partial charge on any atom is -0.311 e. The Kier molecular flexibility index (Phi) is 9.55. The van der Waals surface area contributed by atoms with E-state index in [9.17, 15) is 0 Å². The van der Waals surface area contributed by atoms with Gasteiger partial charge in [0.15, 0.2) is 0 Å². The van der Waals surface area contributed by atoms with E-state index in [0.717, 1.165) is 34.1 Å². The second-order valence-electron chi connectivity index (χ2n) is 18.9. The molecule has 0 bridgehead atoms. The standard InChI is InChI=1S/C67H48N2/c1-67(2)62-44-56(69(53-29-17-7-18-30-53)54-31-19-8-20-32-54)37-38-57(62)65-60-41-48(45-21-9-3-10-22-45)39-50-43-58(59-40-49(46-23-11-4-12-24-46)42-61(66(65)67)64(59)63(50)60)47-33-35-55(36-34-47)68(51-25-13-5-14-26-51)52-27-15-6-16-28-52/h3-44H,1-2H3. The Morgan fingerprint density at radius 3 is 1.23 bits per heavy atom. The number of rotatable bonds is 9. The van der Waals surface area contributed by atoms with Crippen LogP contribution in [-0.2, 0) is 5.41 Å². The van der Waals surface area contributed by atoms with E-state index in [1.807, 2.05) is 0 Å². The van der Waals surface area contributed by atoms with Crippen LogP contribution in [0, 0.1) is 0 Å². The van der Waals surface area contributed by atoms with Crippen molar-refractivity contribution in [2.45, 2.75) is 19.3 Å². The Bertz CT molecular complexity index is 3730. The molecule has 0 saturated carbocycles. The van der Waals surface area contributed by atoms with E-state index in [1.54, 1.807) is 0 Å². The molecule has 2 nitrogen and oxygen atoms in total. The van der Waals surface area contributed by atoms with Gasteiger partial charge in [-0.25, -0.2) is 0 Å². The van der Waals surface area contributed by atoms with Gasteiger partial charge in [0.2, 0.25) is 0 Å². The quantitative estimate of drug-likeness (QED) is 0.133. The maximum atomic E-state index is 2.50. The van der Waals surface area contributed by atoms with Crippen molar-refractivity contribution in [1.29, 1.82) is 0 Å². The molecule has 0 aliphatic heterocycles. The van der Waals surface area contributed by atoms with Crippen molar-refractivity contribution in [2.75, 3.05) is 9.80 Å². The lowest BCUT2D eigenvalue weighted by Gasteiger charge is -2.29. The number of hydrogen-bond acceptors (Lipinski definition) is 2. The van der Waals surface area contributed by atoms with Gasteiger partial charge < -0.3 is 9.80 Å². The highest BCUT2D eigenvalue weighted by atomic mass is 15.1. The molecule has 0 fully saturated rings. The summed E-state index contributed by atoms with van der Waals surface area (Å²) < 4.78 is 0. The Labute approximate surface area is 404 Å². The van der Waals surface area contributed by atoms with Crippen LogP contribution in [0.5, 0.6) is 0 Å². The molecular weight excluding hydrogens is 833 g/mol. The number of hydrogen-bond donors (Lipinski definition) is 0. The second-order valence-corrected chi connectivity index (χ2v) is 18.9. The lowest BCUT2D eigenvalue weighted by atomic mass is 9.76. The third-order valence-corrected chi connectivity index (χ3v) is 14.5. The molecule has 0 amide bonds. The maximum absolute atomic E-state index is 2.50. The van der Waals surface area contributed by atoms with Crippen LogP contribution in [0.2, 0.25) is 0 Å². The van der Waals surface area contributed by atoms with Gasteiger partial charge in [-0.3, -0.25) is 0 Å². The van der Waals surface area contributed by atoms with Crippen LogP contribution in [0.15, 0.2) is 255 Å². The van der Waals surface area contributed by atoms with E-state index in [4.69, 9.17) is 0 Å². The zero-order chi connectivity index (χ0) is 46.1. The van der Waals surface area contributed by atoms with Crippen molar-refractivity contribution in [3.8, 4) is 44.5 Å². The van der Waals surface area contributed by atoms with E-state index >= 15 is 0 Å². The molecule has 0 N–H and O–H groups in total. The van der Waals surface area contributed by atoms with Crippen molar-refractivity contribution >= 4 is 66.4 Å². The number of fused-ring (bicyclic) bond motifs is 5. The molecule has 12 aromatic rings. The normalized spacial score (nSPS) is 12.6. The topological polar surface area (TPSA) is 6.48 Å². The zero-order valence-electron chi connectivity index (χ0n) is 38.6. The first-order valence-electron chi connectivity index (χ1n) is 24.0. The van der Waals surface area contributed by atoms with Crippen LogP contribution < -0.4 is 9.80 Å². The first-order chi connectivity index (χ1) is 34.0. The molecule has 0 aromatic heterocycles. The van der Waals surface area contributed by atoms with E-state index in [0.29, 0.717) is 0 Å². The molecular formula is C67H48N2. The average molecular weight is 881 g/mol. The number of anilines is 6. The first-order valence-corrected chi connectivity index (χ1v) is 24.0. The fraction of sp³-hybridized carbons (Fsp3) is 0.0448. The summed E-state index contributed by atoms with van der Waals surface area (Å²) in [4.78, 5) is 4.73. The SMILES string of the molecule is CC1(C)c2cc(N(c3ccccc3)c3ccccc3)ccc2-c2c1c1cc(-c3ccccc3)cc3c(-c4ccc(N(c5ccccc5)c5ccccc5)cc4)cc4cc(-c5ccccc5)cc2c4c31. The van der Waals surface area contributed by atoms with Gasteiger partial charge >= 0.3 is 0 Å².